The Balaban J connectivity index is 1.40. The first-order valence-electron chi connectivity index (χ1n) is 9.50. The molecule has 1 aliphatic heterocycles. The lowest BCUT2D eigenvalue weighted by atomic mass is 10.2. The highest BCUT2D eigenvalue weighted by molar-refractivity contribution is 7.10. The quantitative estimate of drug-likeness (QED) is 0.609. The molecule has 0 aliphatic carbocycles. The number of carbonyl (C=O) groups is 2. The summed E-state index contributed by atoms with van der Waals surface area (Å²) in [5.41, 5.74) is 0.773. The summed E-state index contributed by atoms with van der Waals surface area (Å²) in [6.07, 6.45) is 0. The van der Waals surface area contributed by atoms with Crippen molar-refractivity contribution in [3.8, 4) is 0 Å². The van der Waals surface area contributed by atoms with E-state index in [4.69, 9.17) is 4.74 Å². The molecule has 0 spiro atoms. The van der Waals surface area contributed by atoms with Gasteiger partial charge >= 0.3 is 6.03 Å². The SMILES string of the molecule is O=C(CNC(=O)NCc1ccc(F)cc1)NCC(c1cccs1)N1CCOCC1. The predicted molar refractivity (Wildman–Crippen MR) is 109 cm³/mol. The van der Waals surface area contributed by atoms with Gasteiger partial charge in [-0.15, -0.1) is 11.3 Å². The van der Waals surface area contributed by atoms with Crippen LogP contribution in [-0.2, 0) is 16.1 Å². The Kier molecular flexibility index (Phi) is 7.97. The second kappa shape index (κ2) is 10.9. The summed E-state index contributed by atoms with van der Waals surface area (Å²) in [7, 11) is 0. The fraction of sp³-hybridized carbons (Fsp3) is 0.400. The number of hydrogen-bond acceptors (Lipinski definition) is 5. The Labute approximate surface area is 173 Å². The molecule has 0 saturated carbocycles. The molecule has 3 rings (SSSR count). The number of amides is 3. The van der Waals surface area contributed by atoms with Crippen molar-refractivity contribution in [1.82, 2.24) is 20.9 Å². The zero-order valence-corrected chi connectivity index (χ0v) is 16.8. The minimum absolute atomic E-state index is 0.0927. The van der Waals surface area contributed by atoms with Gasteiger partial charge in [-0.25, -0.2) is 9.18 Å². The number of benzene rings is 1. The van der Waals surface area contributed by atoms with Gasteiger partial charge in [-0.1, -0.05) is 18.2 Å². The maximum Gasteiger partial charge on any atom is 0.315 e. The zero-order chi connectivity index (χ0) is 20.5. The second-order valence-electron chi connectivity index (χ2n) is 6.65. The highest BCUT2D eigenvalue weighted by Gasteiger charge is 2.23. The maximum absolute atomic E-state index is 12.9. The third-order valence-corrected chi connectivity index (χ3v) is 5.60. The number of ether oxygens (including phenoxy) is 1. The molecule has 7 nitrogen and oxygen atoms in total. The molecule has 2 aromatic rings. The number of carbonyl (C=O) groups excluding carboxylic acids is 2. The molecular weight excluding hydrogens is 395 g/mol. The summed E-state index contributed by atoms with van der Waals surface area (Å²) < 4.78 is 18.3. The fourth-order valence-electron chi connectivity index (χ4n) is 3.06. The number of rotatable bonds is 8. The van der Waals surface area contributed by atoms with Crippen molar-refractivity contribution in [1.29, 1.82) is 0 Å². The topological polar surface area (TPSA) is 82.7 Å². The second-order valence-corrected chi connectivity index (χ2v) is 7.63. The minimum atomic E-state index is -0.451. The van der Waals surface area contributed by atoms with E-state index in [9.17, 15) is 14.0 Å². The van der Waals surface area contributed by atoms with Gasteiger partial charge in [-0.2, -0.15) is 0 Å². The maximum atomic E-state index is 12.9. The number of morpholine rings is 1. The summed E-state index contributed by atoms with van der Waals surface area (Å²) in [4.78, 5) is 27.5. The van der Waals surface area contributed by atoms with E-state index >= 15 is 0 Å². The van der Waals surface area contributed by atoms with Crippen molar-refractivity contribution in [2.45, 2.75) is 12.6 Å². The molecule has 0 bridgehead atoms. The zero-order valence-electron chi connectivity index (χ0n) is 16.0. The Morgan fingerprint density at radius 1 is 1.10 bits per heavy atom. The van der Waals surface area contributed by atoms with Crippen LogP contribution in [0.25, 0.3) is 0 Å². The van der Waals surface area contributed by atoms with Crippen LogP contribution in [0.5, 0.6) is 0 Å². The Bertz CT molecular complexity index is 780. The van der Waals surface area contributed by atoms with E-state index < -0.39 is 6.03 Å². The fourth-order valence-corrected chi connectivity index (χ4v) is 3.92. The Morgan fingerprint density at radius 2 is 1.86 bits per heavy atom. The third-order valence-electron chi connectivity index (χ3n) is 4.63. The molecule has 3 amide bonds. The van der Waals surface area contributed by atoms with E-state index in [1.165, 1.54) is 17.0 Å². The van der Waals surface area contributed by atoms with E-state index in [1.807, 2.05) is 11.4 Å². The lowest BCUT2D eigenvalue weighted by Gasteiger charge is -2.34. The van der Waals surface area contributed by atoms with Crippen LogP contribution in [0.4, 0.5) is 9.18 Å². The van der Waals surface area contributed by atoms with E-state index in [1.54, 1.807) is 23.5 Å². The van der Waals surface area contributed by atoms with Crippen LogP contribution < -0.4 is 16.0 Å². The van der Waals surface area contributed by atoms with Gasteiger partial charge < -0.3 is 20.7 Å². The Morgan fingerprint density at radius 3 is 2.55 bits per heavy atom. The summed E-state index contributed by atoms with van der Waals surface area (Å²) >= 11 is 1.66. The molecular formula is C20H25FN4O3S. The van der Waals surface area contributed by atoms with Crippen molar-refractivity contribution >= 4 is 23.3 Å². The number of nitrogens with one attached hydrogen (secondary N) is 3. The number of urea groups is 1. The lowest BCUT2D eigenvalue weighted by Crippen LogP contribution is -2.46. The van der Waals surface area contributed by atoms with Crippen molar-refractivity contribution in [2.24, 2.45) is 0 Å². The van der Waals surface area contributed by atoms with Gasteiger partial charge in [-0.3, -0.25) is 9.69 Å². The number of thiophene rings is 1. The van der Waals surface area contributed by atoms with Gasteiger partial charge in [0, 0.05) is 31.1 Å². The van der Waals surface area contributed by atoms with Crippen LogP contribution in [0.1, 0.15) is 16.5 Å². The van der Waals surface area contributed by atoms with Crippen LogP contribution >= 0.6 is 11.3 Å². The molecule has 156 valence electrons. The van der Waals surface area contributed by atoms with Gasteiger partial charge in [-0.05, 0) is 29.1 Å². The standard InChI is InChI=1S/C20H25FN4O3S/c21-16-5-3-15(4-6-16)12-23-20(27)24-14-19(26)22-13-17(18-2-1-11-29-18)25-7-9-28-10-8-25/h1-6,11,17H,7-10,12-14H2,(H,22,26)(H2,23,24,27). The monoisotopic (exact) mass is 420 g/mol. The van der Waals surface area contributed by atoms with Crippen LogP contribution in [0.2, 0.25) is 0 Å². The first-order valence-corrected chi connectivity index (χ1v) is 10.4. The molecule has 29 heavy (non-hydrogen) atoms. The van der Waals surface area contributed by atoms with Crippen LogP contribution in [-0.4, -0.2) is 56.2 Å². The van der Waals surface area contributed by atoms with Gasteiger partial charge in [0.15, 0.2) is 0 Å². The molecule has 1 aliphatic rings. The smallest absolute Gasteiger partial charge is 0.315 e. The van der Waals surface area contributed by atoms with Crippen molar-refractivity contribution in [3.63, 3.8) is 0 Å². The van der Waals surface area contributed by atoms with Crippen molar-refractivity contribution < 1.29 is 18.7 Å². The van der Waals surface area contributed by atoms with E-state index in [2.05, 4.69) is 26.9 Å². The molecule has 3 N–H and O–H groups in total. The number of halogens is 1. The van der Waals surface area contributed by atoms with Crippen molar-refractivity contribution in [3.05, 3.63) is 58.0 Å². The van der Waals surface area contributed by atoms with Gasteiger partial charge in [0.1, 0.15) is 5.82 Å². The molecule has 1 saturated heterocycles. The highest BCUT2D eigenvalue weighted by atomic mass is 32.1. The summed E-state index contributed by atoms with van der Waals surface area (Å²) in [6, 6.07) is 9.57. The third kappa shape index (κ3) is 6.81. The highest BCUT2D eigenvalue weighted by Crippen LogP contribution is 2.25. The lowest BCUT2D eigenvalue weighted by molar-refractivity contribution is -0.120. The number of hydrogen-bond donors (Lipinski definition) is 3. The molecule has 9 heteroatoms. The van der Waals surface area contributed by atoms with Gasteiger partial charge in [0.25, 0.3) is 0 Å². The first kappa shape index (κ1) is 21.2. The average molecular weight is 421 g/mol. The Hall–Kier alpha value is -2.49. The molecule has 1 aromatic carbocycles. The molecule has 1 aromatic heterocycles. The van der Waals surface area contributed by atoms with E-state index in [0.29, 0.717) is 19.8 Å². The summed E-state index contributed by atoms with van der Waals surface area (Å²) in [5.74, 6) is -0.579. The largest absolute Gasteiger partial charge is 0.379 e. The first-order chi connectivity index (χ1) is 14.1. The summed E-state index contributed by atoms with van der Waals surface area (Å²) in [6.45, 7) is 3.63. The van der Waals surface area contributed by atoms with Crippen molar-refractivity contribution in [2.75, 3.05) is 39.4 Å². The van der Waals surface area contributed by atoms with Gasteiger partial charge in [0.05, 0.1) is 25.8 Å². The van der Waals surface area contributed by atoms with Crippen LogP contribution in [0, 0.1) is 5.82 Å². The molecule has 1 unspecified atom stereocenters. The molecule has 1 fully saturated rings. The van der Waals surface area contributed by atoms with Crippen LogP contribution in [0.3, 0.4) is 0 Å². The average Bonchev–Trinajstić information content (AvgIpc) is 3.27. The normalized spacial score (nSPS) is 15.5. The molecule has 2 heterocycles. The summed E-state index contributed by atoms with van der Waals surface area (Å²) in [5, 5.41) is 10.1. The van der Waals surface area contributed by atoms with Gasteiger partial charge in [0.2, 0.25) is 5.91 Å². The number of nitrogens with zero attached hydrogens (tertiary/aromatic N) is 1. The molecule has 1 atom stereocenters. The van der Waals surface area contributed by atoms with Crippen LogP contribution in [0.15, 0.2) is 41.8 Å². The minimum Gasteiger partial charge on any atom is -0.379 e. The predicted octanol–water partition coefficient (Wildman–Crippen LogP) is 1.88. The molecule has 0 radical (unpaired) electrons. The van der Waals surface area contributed by atoms with E-state index in [-0.39, 0.29) is 30.9 Å². The van der Waals surface area contributed by atoms with E-state index in [0.717, 1.165) is 18.7 Å².